The minimum absolute atomic E-state index is 0.0537. The molecule has 1 aromatic carbocycles. The lowest BCUT2D eigenvalue weighted by molar-refractivity contribution is 0.384. The second-order valence-corrected chi connectivity index (χ2v) is 7.53. The Morgan fingerprint density at radius 2 is 1.77 bits per heavy atom. The second-order valence-electron chi connectivity index (χ2n) is 7.53. The molecule has 0 amide bonds. The zero-order valence-electron chi connectivity index (χ0n) is 14.7. The molecule has 0 spiro atoms. The number of para-hydroxylation sites is 1. The molecule has 0 radical (unpaired) electrons. The van der Waals surface area contributed by atoms with Crippen LogP contribution in [0.15, 0.2) is 36.8 Å². The van der Waals surface area contributed by atoms with Crippen LogP contribution < -0.4 is 4.74 Å². The van der Waals surface area contributed by atoms with Crippen LogP contribution in [0.2, 0.25) is 0 Å². The maximum Gasteiger partial charge on any atom is 0.122 e. The first-order valence-corrected chi connectivity index (χ1v) is 7.91. The Morgan fingerprint density at radius 1 is 1.09 bits per heavy atom. The van der Waals surface area contributed by atoms with Gasteiger partial charge in [-0.1, -0.05) is 32.0 Å². The fraction of sp³-hybridized carbons (Fsp3) is 0.526. The van der Waals surface area contributed by atoms with E-state index < -0.39 is 0 Å². The van der Waals surface area contributed by atoms with Gasteiger partial charge in [-0.2, -0.15) is 0 Å². The highest BCUT2D eigenvalue weighted by Gasteiger charge is 2.24. The summed E-state index contributed by atoms with van der Waals surface area (Å²) in [4.78, 5) is 4.55. The van der Waals surface area contributed by atoms with E-state index in [1.54, 1.807) is 7.11 Å². The minimum Gasteiger partial charge on any atom is -0.496 e. The number of nitrogens with zero attached hydrogens (tertiary/aromatic N) is 2. The predicted molar refractivity (Wildman–Crippen MR) is 91.6 cm³/mol. The van der Waals surface area contributed by atoms with Crippen molar-refractivity contribution in [2.45, 2.75) is 58.4 Å². The average Bonchev–Trinajstić information content (AvgIpc) is 2.94. The van der Waals surface area contributed by atoms with E-state index in [1.807, 2.05) is 18.5 Å². The van der Waals surface area contributed by atoms with Crippen molar-refractivity contribution in [3.8, 4) is 5.75 Å². The summed E-state index contributed by atoms with van der Waals surface area (Å²) in [6, 6.07) is 8.29. The Morgan fingerprint density at radius 3 is 2.36 bits per heavy atom. The predicted octanol–water partition coefficient (Wildman–Crippen LogP) is 4.56. The molecule has 0 saturated heterocycles. The first-order chi connectivity index (χ1) is 10.2. The van der Waals surface area contributed by atoms with E-state index in [2.05, 4.69) is 62.5 Å². The molecule has 1 aromatic heterocycles. The van der Waals surface area contributed by atoms with Crippen LogP contribution in [0.1, 0.15) is 52.3 Å². The van der Waals surface area contributed by atoms with E-state index in [-0.39, 0.29) is 11.0 Å². The first-order valence-electron chi connectivity index (χ1n) is 7.91. The summed E-state index contributed by atoms with van der Waals surface area (Å²) in [5.41, 5.74) is 2.55. The van der Waals surface area contributed by atoms with Crippen LogP contribution in [0, 0.1) is 0 Å². The Labute approximate surface area is 134 Å². The lowest BCUT2D eigenvalue weighted by Gasteiger charge is -2.27. The molecule has 0 unspecified atom stereocenters. The van der Waals surface area contributed by atoms with Gasteiger partial charge in [-0.3, -0.25) is 0 Å². The molecule has 0 fully saturated rings. The highest BCUT2D eigenvalue weighted by atomic mass is 16.5. The number of imidazole rings is 1. The molecule has 3 heteroatoms. The van der Waals surface area contributed by atoms with Gasteiger partial charge in [-0.15, -0.1) is 0 Å². The molecule has 0 aliphatic carbocycles. The fourth-order valence-electron chi connectivity index (χ4n) is 2.64. The quantitative estimate of drug-likeness (QED) is 0.809. The first kappa shape index (κ1) is 16.6. The standard InChI is InChI=1S/C19H28N2O/c1-18(2,3)21-13-15(20-14-21)11-12-19(4,5)16-9-7-8-10-17(16)22-6/h7-10,13-14H,11-12H2,1-6H3. The van der Waals surface area contributed by atoms with Gasteiger partial charge in [-0.25, -0.2) is 4.98 Å². The maximum atomic E-state index is 5.51. The third kappa shape index (κ3) is 3.70. The third-order valence-corrected chi connectivity index (χ3v) is 4.25. The summed E-state index contributed by atoms with van der Waals surface area (Å²) in [5.74, 6) is 0.965. The molecule has 1 heterocycles. The maximum absolute atomic E-state index is 5.51. The van der Waals surface area contributed by atoms with Gasteiger partial charge in [0.2, 0.25) is 0 Å². The molecule has 22 heavy (non-hydrogen) atoms. The van der Waals surface area contributed by atoms with Crippen molar-refractivity contribution in [2.75, 3.05) is 7.11 Å². The van der Waals surface area contributed by atoms with Crippen molar-refractivity contribution in [2.24, 2.45) is 0 Å². The summed E-state index contributed by atoms with van der Waals surface area (Å²) in [6.45, 7) is 11.1. The van der Waals surface area contributed by atoms with E-state index >= 15 is 0 Å². The van der Waals surface area contributed by atoms with Crippen molar-refractivity contribution in [3.05, 3.63) is 48.0 Å². The summed E-state index contributed by atoms with van der Waals surface area (Å²) in [5, 5.41) is 0. The summed E-state index contributed by atoms with van der Waals surface area (Å²) in [6.07, 6.45) is 6.10. The number of aryl methyl sites for hydroxylation is 1. The van der Waals surface area contributed by atoms with E-state index in [9.17, 15) is 0 Å². The number of rotatable bonds is 5. The summed E-state index contributed by atoms with van der Waals surface area (Å²) >= 11 is 0. The number of hydrogen-bond donors (Lipinski definition) is 0. The molecular formula is C19H28N2O. The fourth-order valence-corrected chi connectivity index (χ4v) is 2.64. The van der Waals surface area contributed by atoms with Gasteiger partial charge in [0.15, 0.2) is 0 Å². The number of hydrogen-bond acceptors (Lipinski definition) is 2. The molecule has 0 N–H and O–H groups in total. The Balaban J connectivity index is 2.11. The van der Waals surface area contributed by atoms with E-state index in [4.69, 9.17) is 4.74 Å². The molecule has 0 saturated carbocycles. The average molecular weight is 300 g/mol. The van der Waals surface area contributed by atoms with Gasteiger partial charge in [0.25, 0.3) is 0 Å². The molecule has 3 nitrogen and oxygen atoms in total. The van der Waals surface area contributed by atoms with Gasteiger partial charge in [0.05, 0.1) is 19.1 Å². The van der Waals surface area contributed by atoms with Gasteiger partial charge in [0.1, 0.15) is 5.75 Å². The molecule has 0 atom stereocenters. The number of benzene rings is 1. The Bertz CT molecular complexity index is 620. The Kier molecular flexibility index (Phi) is 4.64. The number of aromatic nitrogens is 2. The van der Waals surface area contributed by atoms with Crippen molar-refractivity contribution >= 4 is 0 Å². The van der Waals surface area contributed by atoms with Gasteiger partial charge in [0, 0.05) is 11.7 Å². The number of ether oxygens (including phenoxy) is 1. The number of methoxy groups -OCH3 is 1. The van der Waals surface area contributed by atoms with Crippen molar-refractivity contribution in [1.29, 1.82) is 0 Å². The van der Waals surface area contributed by atoms with Crippen LogP contribution in [-0.2, 0) is 17.4 Å². The van der Waals surface area contributed by atoms with Gasteiger partial charge >= 0.3 is 0 Å². The largest absolute Gasteiger partial charge is 0.496 e. The van der Waals surface area contributed by atoms with Crippen molar-refractivity contribution in [3.63, 3.8) is 0 Å². The lowest BCUT2D eigenvalue weighted by atomic mass is 9.79. The van der Waals surface area contributed by atoms with Crippen LogP contribution in [-0.4, -0.2) is 16.7 Å². The monoisotopic (exact) mass is 300 g/mol. The zero-order chi connectivity index (χ0) is 16.4. The molecule has 0 aliphatic rings. The van der Waals surface area contributed by atoms with Crippen LogP contribution in [0.5, 0.6) is 5.75 Å². The van der Waals surface area contributed by atoms with Crippen LogP contribution in [0.25, 0.3) is 0 Å². The smallest absolute Gasteiger partial charge is 0.122 e. The summed E-state index contributed by atoms with van der Waals surface area (Å²) in [7, 11) is 1.74. The SMILES string of the molecule is COc1ccccc1C(C)(C)CCc1cn(C(C)(C)C)cn1. The van der Waals surface area contributed by atoms with Crippen LogP contribution in [0.4, 0.5) is 0 Å². The third-order valence-electron chi connectivity index (χ3n) is 4.25. The molecule has 120 valence electrons. The lowest BCUT2D eigenvalue weighted by Crippen LogP contribution is -2.20. The van der Waals surface area contributed by atoms with Crippen molar-refractivity contribution in [1.82, 2.24) is 9.55 Å². The second kappa shape index (κ2) is 6.15. The highest BCUT2D eigenvalue weighted by Crippen LogP contribution is 2.34. The Hall–Kier alpha value is -1.77. The van der Waals surface area contributed by atoms with E-state index in [0.717, 1.165) is 24.3 Å². The van der Waals surface area contributed by atoms with Gasteiger partial charge < -0.3 is 9.30 Å². The molecular weight excluding hydrogens is 272 g/mol. The summed E-state index contributed by atoms with van der Waals surface area (Å²) < 4.78 is 7.69. The van der Waals surface area contributed by atoms with Gasteiger partial charge in [-0.05, 0) is 50.7 Å². The molecule has 0 aliphatic heterocycles. The highest BCUT2D eigenvalue weighted by molar-refractivity contribution is 5.38. The normalized spacial score (nSPS) is 12.5. The molecule has 0 bridgehead atoms. The molecule has 2 rings (SSSR count). The van der Waals surface area contributed by atoms with Crippen molar-refractivity contribution < 1.29 is 4.74 Å². The van der Waals surface area contributed by atoms with E-state index in [1.165, 1.54) is 5.56 Å². The molecule has 2 aromatic rings. The van der Waals surface area contributed by atoms with Crippen LogP contribution in [0.3, 0.4) is 0 Å². The van der Waals surface area contributed by atoms with Crippen LogP contribution >= 0.6 is 0 Å². The van der Waals surface area contributed by atoms with E-state index in [0.29, 0.717) is 0 Å². The topological polar surface area (TPSA) is 27.1 Å². The zero-order valence-corrected chi connectivity index (χ0v) is 14.7. The minimum atomic E-state index is 0.0537.